The fourth-order valence-corrected chi connectivity index (χ4v) is 3.95. The summed E-state index contributed by atoms with van der Waals surface area (Å²) in [6.07, 6.45) is 1.29. The van der Waals surface area contributed by atoms with Crippen molar-refractivity contribution in [1.29, 1.82) is 0 Å². The number of anilines is 2. The van der Waals surface area contributed by atoms with Crippen LogP contribution in [-0.2, 0) is 17.1 Å². The van der Waals surface area contributed by atoms with Crippen LogP contribution in [0.25, 0.3) is 0 Å². The van der Waals surface area contributed by atoms with Crippen LogP contribution in [0, 0.1) is 0 Å². The highest BCUT2D eigenvalue weighted by Crippen LogP contribution is 2.35. The monoisotopic (exact) mass is 354 g/mol. The summed E-state index contributed by atoms with van der Waals surface area (Å²) in [5.41, 5.74) is 5.57. The van der Waals surface area contributed by atoms with Gasteiger partial charge < -0.3 is 10.3 Å². The Labute approximate surface area is 130 Å². The SMILES string of the molecule is Cn1cnc(N)c1S(=O)(=O)Nc1c(Cl)cc(Cl)cc1Cl. The summed E-state index contributed by atoms with van der Waals surface area (Å²) in [6, 6.07) is 2.75. The lowest BCUT2D eigenvalue weighted by Crippen LogP contribution is -2.18. The molecule has 108 valence electrons. The van der Waals surface area contributed by atoms with Crippen molar-refractivity contribution in [2.24, 2.45) is 7.05 Å². The van der Waals surface area contributed by atoms with Crippen molar-refractivity contribution in [2.75, 3.05) is 10.5 Å². The van der Waals surface area contributed by atoms with Gasteiger partial charge in [-0.2, -0.15) is 8.42 Å². The van der Waals surface area contributed by atoms with Crippen LogP contribution in [-0.4, -0.2) is 18.0 Å². The number of nitrogens with zero attached hydrogens (tertiary/aromatic N) is 2. The van der Waals surface area contributed by atoms with Crippen LogP contribution < -0.4 is 10.5 Å². The first-order chi connectivity index (χ1) is 9.22. The number of imidazole rings is 1. The van der Waals surface area contributed by atoms with E-state index in [0.29, 0.717) is 5.02 Å². The zero-order chi connectivity index (χ0) is 15.1. The lowest BCUT2D eigenvalue weighted by atomic mass is 10.3. The maximum absolute atomic E-state index is 12.3. The molecule has 0 atom stereocenters. The molecule has 0 aliphatic heterocycles. The summed E-state index contributed by atoms with van der Waals surface area (Å²) in [5, 5.41) is 0.265. The van der Waals surface area contributed by atoms with Crippen molar-refractivity contribution in [3.63, 3.8) is 0 Å². The highest BCUT2D eigenvalue weighted by Gasteiger charge is 2.24. The van der Waals surface area contributed by atoms with Crippen LogP contribution in [0.15, 0.2) is 23.5 Å². The molecule has 0 spiro atoms. The van der Waals surface area contributed by atoms with E-state index < -0.39 is 10.0 Å². The zero-order valence-corrected chi connectivity index (χ0v) is 13.1. The van der Waals surface area contributed by atoms with Crippen molar-refractivity contribution in [3.8, 4) is 0 Å². The molecular formula is C10H9Cl3N4O2S. The van der Waals surface area contributed by atoms with Crippen molar-refractivity contribution in [3.05, 3.63) is 33.5 Å². The van der Waals surface area contributed by atoms with Crippen molar-refractivity contribution < 1.29 is 8.42 Å². The summed E-state index contributed by atoms with van der Waals surface area (Å²) in [7, 11) is -2.47. The van der Waals surface area contributed by atoms with Gasteiger partial charge in [-0.3, -0.25) is 4.72 Å². The maximum Gasteiger partial charge on any atom is 0.281 e. The van der Waals surface area contributed by atoms with Crippen LogP contribution in [0.5, 0.6) is 0 Å². The third-order valence-electron chi connectivity index (χ3n) is 2.41. The highest BCUT2D eigenvalue weighted by molar-refractivity contribution is 7.92. The minimum atomic E-state index is -3.98. The van der Waals surface area contributed by atoms with E-state index in [9.17, 15) is 8.42 Å². The Bertz CT molecular complexity index is 730. The van der Waals surface area contributed by atoms with E-state index in [0.717, 1.165) is 0 Å². The van der Waals surface area contributed by atoms with Crippen molar-refractivity contribution >= 4 is 56.3 Å². The van der Waals surface area contributed by atoms with E-state index in [2.05, 4.69) is 9.71 Å². The molecule has 1 aromatic carbocycles. The molecule has 1 heterocycles. The van der Waals surface area contributed by atoms with E-state index in [4.69, 9.17) is 40.5 Å². The summed E-state index contributed by atoms with van der Waals surface area (Å²) in [5.74, 6) is -0.124. The number of rotatable bonds is 3. The van der Waals surface area contributed by atoms with Gasteiger partial charge in [-0.1, -0.05) is 34.8 Å². The maximum atomic E-state index is 12.3. The molecule has 0 saturated heterocycles. The molecule has 0 radical (unpaired) electrons. The summed E-state index contributed by atoms with van der Waals surface area (Å²) in [4.78, 5) is 3.72. The number of hydrogen-bond donors (Lipinski definition) is 2. The van der Waals surface area contributed by atoms with E-state index in [-0.39, 0.29) is 26.6 Å². The quantitative estimate of drug-likeness (QED) is 0.886. The third-order valence-corrected chi connectivity index (χ3v) is 4.70. The molecule has 0 saturated carbocycles. The lowest BCUT2D eigenvalue weighted by molar-refractivity contribution is 0.592. The van der Waals surface area contributed by atoms with Crippen molar-refractivity contribution in [2.45, 2.75) is 5.03 Å². The van der Waals surface area contributed by atoms with Gasteiger partial charge in [-0.15, -0.1) is 0 Å². The van der Waals surface area contributed by atoms with Crippen LogP contribution in [0.4, 0.5) is 11.5 Å². The van der Waals surface area contributed by atoms with E-state index in [1.165, 1.54) is 30.1 Å². The minimum absolute atomic E-state index is 0.0262. The molecule has 20 heavy (non-hydrogen) atoms. The van der Waals surface area contributed by atoms with Gasteiger partial charge in [0.2, 0.25) is 0 Å². The number of sulfonamides is 1. The molecule has 0 amide bonds. The largest absolute Gasteiger partial charge is 0.381 e. The summed E-state index contributed by atoms with van der Waals surface area (Å²) >= 11 is 17.6. The Morgan fingerprint density at radius 3 is 2.25 bits per heavy atom. The van der Waals surface area contributed by atoms with Gasteiger partial charge in [0, 0.05) is 12.1 Å². The average molecular weight is 356 g/mol. The average Bonchev–Trinajstić information content (AvgIpc) is 2.64. The Balaban J connectivity index is 2.50. The van der Waals surface area contributed by atoms with Crippen LogP contribution in [0.2, 0.25) is 15.1 Å². The predicted octanol–water partition coefficient (Wildman–Crippen LogP) is 2.76. The Kier molecular flexibility index (Phi) is 4.06. The molecule has 6 nitrogen and oxygen atoms in total. The number of nitrogen functional groups attached to an aromatic ring is 1. The first kappa shape index (κ1) is 15.2. The fraction of sp³-hybridized carbons (Fsp3) is 0.100. The lowest BCUT2D eigenvalue weighted by Gasteiger charge is -2.12. The normalized spacial score (nSPS) is 11.6. The minimum Gasteiger partial charge on any atom is -0.381 e. The predicted molar refractivity (Wildman–Crippen MR) is 79.9 cm³/mol. The second-order valence-electron chi connectivity index (χ2n) is 3.90. The van der Waals surface area contributed by atoms with Gasteiger partial charge in [0.15, 0.2) is 10.8 Å². The van der Waals surface area contributed by atoms with Gasteiger partial charge in [-0.25, -0.2) is 4.98 Å². The topological polar surface area (TPSA) is 90.0 Å². The van der Waals surface area contributed by atoms with E-state index in [1.807, 2.05) is 0 Å². The summed E-state index contributed by atoms with van der Waals surface area (Å²) in [6.45, 7) is 0. The molecule has 3 N–H and O–H groups in total. The number of aryl methyl sites for hydroxylation is 1. The smallest absolute Gasteiger partial charge is 0.281 e. The summed E-state index contributed by atoms with van der Waals surface area (Å²) < 4.78 is 28.1. The van der Waals surface area contributed by atoms with Gasteiger partial charge >= 0.3 is 0 Å². The molecule has 0 unspecified atom stereocenters. The van der Waals surface area contributed by atoms with Gasteiger partial charge in [0.25, 0.3) is 10.0 Å². The number of nitrogens with one attached hydrogen (secondary N) is 1. The molecule has 0 fully saturated rings. The second-order valence-corrected chi connectivity index (χ2v) is 6.74. The van der Waals surface area contributed by atoms with Gasteiger partial charge in [0.1, 0.15) is 0 Å². The Hall–Kier alpha value is -1.15. The molecule has 0 bridgehead atoms. The van der Waals surface area contributed by atoms with Gasteiger partial charge in [-0.05, 0) is 12.1 Å². The Morgan fingerprint density at radius 1 is 1.25 bits per heavy atom. The Morgan fingerprint density at radius 2 is 1.80 bits per heavy atom. The van der Waals surface area contributed by atoms with Crippen LogP contribution in [0.3, 0.4) is 0 Å². The zero-order valence-electron chi connectivity index (χ0n) is 10.1. The van der Waals surface area contributed by atoms with E-state index >= 15 is 0 Å². The highest BCUT2D eigenvalue weighted by atomic mass is 35.5. The fourth-order valence-electron chi connectivity index (χ4n) is 1.59. The molecular weight excluding hydrogens is 347 g/mol. The van der Waals surface area contributed by atoms with E-state index in [1.54, 1.807) is 0 Å². The van der Waals surface area contributed by atoms with Gasteiger partial charge in [0.05, 0.1) is 22.1 Å². The molecule has 0 aliphatic rings. The third kappa shape index (κ3) is 2.80. The molecule has 1 aromatic heterocycles. The molecule has 2 rings (SSSR count). The first-order valence-corrected chi connectivity index (χ1v) is 7.78. The molecule has 0 aliphatic carbocycles. The van der Waals surface area contributed by atoms with Crippen molar-refractivity contribution in [1.82, 2.24) is 9.55 Å². The standard InChI is InChI=1S/C10H9Cl3N4O2S/c1-17-4-15-9(14)10(17)20(18,19)16-8-6(12)2-5(11)3-7(8)13/h2-4,16H,14H2,1H3. The number of aromatic nitrogens is 2. The number of halogens is 3. The number of hydrogen-bond acceptors (Lipinski definition) is 4. The molecule has 2 aromatic rings. The van der Waals surface area contributed by atoms with Crippen LogP contribution >= 0.6 is 34.8 Å². The number of nitrogens with two attached hydrogens (primary N) is 1. The molecule has 10 heteroatoms. The second kappa shape index (κ2) is 5.33. The first-order valence-electron chi connectivity index (χ1n) is 5.16. The van der Waals surface area contributed by atoms with Crippen LogP contribution in [0.1, 0.15) is 0 Å². The number of benzene rings is 1.